The first-order valence-electron chi connectivity index (χ1n) is 9.08. The van der Waals surface area contributed by atoms with E-state index in [1.54, 1.807) is 15.9 Å². The number of hydrogen-bond acceptors (Lipinski definition) is 6. The lowest BCUT2D eigenvalue weighted by atomic mass is 10.1. The standard InChI is InChI=1S/C19H19N5O4/c1-2-15-14-9-13(11-21-17(14)28-22-15)19(27)24-7-5-23(6-8-24)18(26)12-3-4-16(25)20-10-12/h3-4,9-11H,2,5-8H2,1H3,(H,20,25). The van der Waals surface area contributed by atoms with Crippen molar-refractivity contribution in [3.05, 3.63) is 57.8 Å². The Kier molecular flexibility index (Phi) is 4.64. The third-order valence-corrected chi connectivity index (χ3v) is 4.87. The molecule has 1 fully saturated rings. The Balaban J connectivity index is 1.44. The molecule has 1 saturated heterocycles. The summed E-state index contributed by atoms with van der Waals surface area (Å²) in [5.41, 5.74) is 1.84. The Morgan fingerprint density at radius 1 is 1.11 bits per heavy atom. The first-order chi connectivity index (χ1) is 13.6. The number of pyridine rings is 2. The average Bonchev–Trinajstić information content (AvgIpc) is 3.15. The number of fused-ring (bicyclic) bond motifs is 1. The molecule has 1 aliphatic rings. The van der Waals surface area contributed by atoms with Gasteiger partial charge in [-0.1, -0.05) is 12.1 Å². The fourth-order valence-electron chi connectivity index (χ4n) is 3.27. The highest BCUT2D eigenvalue weighted by Gasteiger charge is 2.26. The molecule has 0 aromatic carbocycles. The van der Waals surface area contributed by atoms with Crippen molar-refractivity contribution in [1.29, 1.82) is 0 Å². The lowest BCUT2D eigenvalue weighted by molar-refractivity contribution is 0.0535. The van der Waals surface area contributed by atoms with E-state index >= 15 is 0 Å². The summed E-state index contributed by atoms with van der Waals surface area (Å²) in [6.07, 6.45) is 3.60. The number of rotatable bonds is 3. The molecule has 3 aromatic heterocycles. The molecule has 9 heteroatoms. The molecule has 3 aromatic rings. The van der Waals surface area contributed by atoms with Gasteiger partial charge in [-0.05, 0) is 18.6 Å². The van der Waals surface area contributed by atoms with Gasteiger partial charge in [0, 0.05) is 44.6 Å². The molecular formula is C19H19N5O4. The molecule has 4 rings (SSSR count). The van der Waals surface area contributed by atoms with Crippen LogP contribution < -0.4 is 5.56 Å². The van der Waals surface area contributed by atoms with Crippen molar-refractivity contribution in [3.8, 4) is 0 Å². The van der Waals surface area contributed by atoms with Gasteiger partial charge in [0.15, 0.2) is 0 Å². The maximum Gasteiger partial charge on any atom is 0.257 e. The van der Waals surface area contributed by atoms with Gasteiger partial charge in [-0.3, -0.25) is 14.4 Å². The van der Waals surface area contributed by atoms with Crippen LogP contribution in [0.5, 0.6) is 0 Å². The number of amides is 2. The number of carbonyl (C=O) groups excluding carboxylic acids is 2. The molecule has 0 saturated carbocycles. The maximum absolute atomic E-state index is 12.8. The monoisotopic (exact) mass is 381 g/mol. The van der Waals surface area contributed by atoms with E-state index in [1.807, 2.05) is 6.92 Å². The smallest absolute Gasteiger partial charge is 0.257 e. The van der Waals surface area contributed by atoms with Crippen LogP contribution in [0.1, 0.15) is 33.3 Å². The Morgan fingerprint density at radius 2 is 1.79 bits per heavy atom. The van der Waals surface area contributed by atoms with E-state index in [4.69, 9.17) is 4.52 Å². The van der Waals surface area contributed by atoms with Crippen LogP contribution in [-0.2, 0) is 6.42 Å². The van der Waals surface area contributed by atoms with Gasteiger partial charge in [0.05, 0.1) is 22.2 Å². The minimum atomic E-state index is -0.253. The van der Waals surface area contributed by atoms with E-state index in [9.17, 15) is 14.4 Å². The lowest BCUT2D eigenvalue weighted by Crippen LogP contribution is -2.50. The van der Waals surface area contributed by atoms with Crippen LogP contribution in [0.3, 0.4) is 0 Å². The van der Waals surface area contributed by atoms with Gasteiger partial charge in [-0.2, -0.15) is 0 Å². The largest absolute Gasteiger partial charge is 0.336 e. The Morgan fingerprint density at radius 3 is 2.39 bits per heavy atom. The Labute approximate surface area is 159 Å². The topological polar surface area (TPSA) is 112 Å². The van der Waals surface area contributed by atoms with Crippen LogP contribution in [0.2, 0.25) is 0 Å². The molecule has 0 atom stereocenters. The van der Waals surface area contributed by atoms with Crippen LogP contribution >= 0.6 is 0 Å². The Bertz CT molecular complexity index is 1070. The van der Waals surface area contributed by atoms with Gasteiger partial charge in [0.25, 0.3) is 17.5 Å². The predicted molar refractivity (Wildman–Crippen MR) is 100 cm³/mol. The van der Waals surface area contributed by atoms with Crippen LogP contribution in [0.4, 0.5) is 0 Å². The zero-order valence-electron chi connectivity index (χ0n) is 15.3. The second kappa shape index (κ2) is 7.26. The van der Waals surface area contributed by atoms with Crippen LogP contribution in [0, 0.1) is 0 Å². The summed E-state index contributed by atoms with van der Waals surface area (Å²) in [5.74, 6) is -0.294. The molecule has 0 radical (unpaired) electrons. The number of aromatic nitrogens is 3. The fourth-order valence-corrected chi connectivity index (χ4v) is 3.27. The summed E-state index contributed by atoms with van der Waals surface area (Å²) in [7, 11) is 0. The third kappa shape index (κ3) is 3.26. The fraction of sp³-hybridized carbons (Fsp3) is 0.316. The van der Waals surface area contributed by atoms with Gasteiger partial charge in [0.2, 0.25) is 5.56 Å². The van der Waals surface area contributed by atoms with Gasteiger partial charge in [-0.25, -0.2) is 4.98 Å². The van der Waals surface area contributed by atoms with Crippen molar-refractivity contribution < 1.29 is 14.1 Å². The summed E-state index contributed by atoms with van der Waals surface area (Å²) in [5, 5.41) is 4.71. The van der Waals surface area contributed by atoms with Gasteiger partial charge in [-0.15, -0.1) is 0 Å². The van der Waals surface area contributed by atoms with Gasteiger partial charge >= 0.3 is 0 Å². The van der Waals surface area contributed by atoms with E-state index < -0.39 is 0 Å². The van der Waals surface area contributed by atoms with Crippen LogP contribution in [0.15, 0.2) is 39.9 Å². The first-order valence-corrected chi connectivity index (χ1v) is 9.08. The van der Waals surface area contributed by atoms with Crippen molar-refractivity contribution in [2.45, 2.75) is 13.3 Å². The molecule has 0 unspecified atom stereocenters. The lowest BCUT2D eigenvalue weighted by Gasteiger charge is -2.34. The minimum absolute atomic E-state index is 0.131. The number of nitrogens with one attached hydrogen (secondary N) is 1. The zero-order valence-corrected chi connectivity index (χ0v) is 15.3. The number of carbonyl (C=O) groups is 2. The molecule has 0 spiro atoms. The maximum atomic E-state index is 12.8. The van der Waals surface area contributed by atoms with E-state index in [0.29, 0.717) is 49.4 Å². The summed E-state index contributed by atoms with van der Waals surface area (Å²) in [6.45, 7) is 3.66. The molecule has 1 N–H and O–H groups in total. The molecule has 144 valence electrons. The van der Waals surface area contributed by atoms with E-state index in [2.05, 4.69) is 15.1 Å². The zero-order chi connectivity index (χ0) is 19.7. The number of aromatic amines is 1. The molecule has 1 aliphatic heterocycles. The summed E-state index contributed by atoms with van der Waals surface area (Å²) >= 11 is 0. The normalized spacial score (nSPS) is 14.5. The number of piperazine rings is 1. The summed E-state index contributed by atoms with van der Waals surface area (Å²) in [4.78, 5) is 46.6. The highest BCUT2D eigenvalue weighted by atomic mass is 16.5. The van der Waals surface area contributed by atoms with Crippen molar-refractivity contribution in [3.63, 3.8) is 0 Å². The Hall–Kier alpha value is -3.49. The highest BCUT2D eigenvalue weighted by Crippen LogP contribution is 2.19. The predicted octanol–water partition coefficient (Wildman–Crippen LogP) is 1.07. The SMILES string of the molecule is CCc1noc2ncc(C(=O)N3CCN(C(=O)c4ccc(=O)[nH]c4)CC3)cc12. The van der Waals surface area contributed by atoms with E-state index in [1.165, 1.54) is 24.5 Å². The number of nitrogens with zero attached hydrogens (tertiary/aromatic N) is 4. The van der Waals surface area contributed by atoms with Crippen LogP contribution in [0.25, 0.3) is 11.1 Å². The molecule has 2 amide bonds. The summed E-state index contributed by atoms with van der Waals surface area (Å²) in [6, 6.07) is 4.59. The molecule has 4 heterocycles. The van der Waals surface area contributed by atoms with Crippen molar-refractivity contribution in [2.24, 2.45) is 0 Å². The average molecular weight is 381 g/mol. The number of H-pyrrole nitrogens is 1. The molecular weight excluding hydrogens is 362 g/mol. The van der Waals surface area contributed by atoms with Crippen molar-refractivity contribution in [1.82, 2.24) is 24.9 Å². The number of hydrogen-bond donors (Lipinski definition) is 1. The van der Waals surface area contributed by atoms with Crippen molar-refractivity contribution >= 4 is 22.9 Å². The van der Waals surface area contributed by atoms with Crippen LogP contribution in [-0.4, -0.2) is 62.9 Å². The minimum Gasteiger partial charge on any atom is -0.336 e. The third-order valence-electron chi connectivity index (χ3n) is 4.87. The number of aryl methyl sites for hydroxylation is 1. The quantitative estimate of drug-likeness (QED) is 0.726. The van der Waals surface area contributed by atoms with Crippen molar-refractivity contribution in [2.75, 3.05) is 26.2 Å². The van der Waals surface area contributed by atoms with E-state index in [-0.39, 0.29) is 17.4 Å². The molecule has 28 heavy (non-hydrogen) atoms. The highest BCUT2D eigenvalue weighted by molar-refractivity contribution is 5.97. The first kappa shape index (κ1) is 17.9. The second-order valence-electron chi connectivity index (χ2n) is 6.59. The van der Waals surface area contributed by atoms with Gasteiger partial charge < -0.3 is 19.3 Å². The van der Waals surface area contributed by atoms with Gasteiger partial charge in [0.1, 0.15) is 0 Å². The second-order valence-corrected chi connectivity index (χ2v) is 6.59. The van der Waals surface area contributed by atoms with E-state index in [0.717, 1.165) is 11.1 Å². The molecule has 9 nitrogen and oxygen atoms in total. The summed E-state index contributed by atoms with van der Waals surface area (Å²) < 4.78 is 5.16. The molecule has 0 aliphatic carbocycles. The molecule has 0 bridgehead atoms.